The minimum Gasteiger partial charge on any atom is -0.311 e. The minimum atomic E-state index is -0.534. The topological polar surface area (TPSA) is 6.48 Å². The van der Waals surface area contributed by atoms with Crippen LogP contribution >= 0.6 is 11.3 Å². The Morgan fingerprint density at radius 1 is 0.388 bits per heavy atom. The van der Waals surface area contributed by atoms with Crippen molar-refractivity contribution in [1.29, 1.82) is 0 Å². The summed E-state index contributed by atoms with van der Waals surface area (Å²) in [7, 11) is 0. The van der Waals surface area contributed by atoms with Gasteiger partial charge in [0, 0.05) is 43.3 Å². The van der Waals surface area contributed by atoms with Gasteiger partial charge in [-0.1, -0.05) is 186 Å². The molecule has 9 aromatic rings. The van der Waals surface area contributed by atoms with Gasteiger partial charge in [0.1, 0.15) is 0 Å². The smallest absolute Gasteiger partial charge is 0.264 e. The summed E-state index contributed by atoms with van der Waals surface area (Å²) in [6.45, 7) is 32.3. The normalized spacial score (nSPS) is 20.1. The molecule has 80 heavy (non-hydrogen) atoms. The van der Waals surface area contributed by atoms with E-state index in [9.17, 15) is 0 Å². The quantitative estimate of drug-likeness (QED) is 0.162. The van der Waals surface area contributed by atoms with Crippen LogP contribution in [0, 0.1) is 6.92 Å². The number of rotatable bonds is 4. The number of nitrogens with zero attached hydrogens (tertiary/aromatic N) is 2. The maximum absolute atomic E-state index is 2.76. The number of fused-ring (bicyclic) bond motifs is 12. The van der Waals surface area contributed by atoms with E-state index in [1.54, 1.807) is 0 Å². The Balaban J connectivity index is 1.07. The Morgan fingerprint density at radius 3 is 1.46 bits per heavy atom. The summed E-state index contributed by atoms with van der Waals surface area (Å²) in [5, 5.41) is 1.38. The number of thiophene rings is 1. The van der Waals surface area contributed by atoms with Gasteiger partial charge < -0.3 is 9.80 Å². The van der Waals surface area contributed by atoms with Gasteiger partial charge in [-0.05, 0) is 216 Å². The van der Waals surface area contributed by atoms with Crippen LogP contribution in [-0.4, -0.2) is 6.71 Å². The van der Waals surface area contributed by atoms with Crippen LogP contribution in [-0.2, 0) is 37.9 Å². The summed E-state index contributed by atoms with van der Waals surface area (Å²) in [4.78, 5) is 5.50. The lowest BCUT2D eigenvalue weighted by Crippen LogP contribution is -2.61. The van der Waals surface area contributed by atoms with Gasteiger partial charge in [0.15, 0.2) is 0 Å². The van der Waals surface area contributed by atoms with E-state index in [-0.39, 0.29) is 39.2 Å². The molecule has 0 radical (unpaired) electrons. The molecule has 2 aliphatic heterocycles. The number of hydrogen-bond donors (Lipinski definition) is 0. The van der Waals surface area contributed by atoms with Crippen molar-refractivity contribution in [2.24, 2.45) is 0 Å². The highest BCUT2D eigenvalue weighted by Crippen LogP contribution is 2.60. The highest BCUT2D eigenvalue weighted by atomic mass is 32.1. The van der Waals surface area contributed by atoms with E-state index >= 15 is 0 Å². The Morgan fingerprint density at radius 2 is 0.850 bits per heavy atom. The van der Waals surface area contributed by atoms with Crippen molar-refractivity contribution in [3.8, 4) is 11.1 Å². The lowest BCUT2D eigenvalue weighted by Gasteiger charge is -2.47. The Hall–Kier alpha value is -6.62. The van der Waals surface area contributed by atoms with Gasteiger partial charge in [-0.2, -0.15) is 0 Å². The molecule has 400 valence electrons. The molecule has 0 fully saturated rings. The highest BCUT2D eigenvalue weighted by Gasteiger charge is 2.51. The standard InChI is InChI=1S/C76H77BN2S/c1-46-38-64-67-65(39-46)79(50-28-30-52-51-26-20-21-27-54(51)76(56(52)40-50,47-22-16-14-17-23-47)48-24-18-15-19-25-48)68-53-42-58-61(75(12,13)37-34-72(58,6)7)45-66(53)80-69(68)77(67)62-43-59-60(74(10,11)36-35-73(59,8)9)44-63(62)78(64)49-29-31-55-57(41-49)71(4,5)33-32-70(55,2)3/h14-31,38-45H,32-37H2,1-13H3. The van der Waals surface area contributed by atoms with Gasteiger partial charge in [-0.15, -0.1) is 11.3 Å². The Bertz CT molecular complexity index is 4070. The zero-order valence-corrected chi connectivity index (χ0v) is 50.5. The number of benzene rings is 8. The number of hydrogen-bond acceptors (Lipinski definition) is 3. The van der Waals surface area contributed by atoms with Crippen molar-refractivity contribution < 1.29 is 0 Å². The highest BCUT2D eigenvalue weighted by molar-refractivity contribution is 7.33. The summed E-state index contributed by atoms with van der Waals surface area (Å²) in [5.41, 5.74) is 28.7. The average molecular weight is 1060 g/mol. The van der Waals surface area contributed by atoms with Gasteiger partial charge in [0.25, 0.3) is 6.71 Å². The lowest BCUT2D eigenvalue weighted by molar-refractivity contribution is 0.332. The molecular formula is C76H77BN2S. The molecule has 0 saturated carbocycles. The van der Waals surface area contributed by atoms with E-state index in [1.165, 1.54) is 171 Å². The number of anilines is 6. The molecule has 0 spiro atoms. The van der Waals surface area contributed by atoms with Gasteiger partial charge in [0.05, 0.1) is 11.1 Å². The molecule has 0 saturated heterocycles. The van der Waals surface area contributed by atoms with Gasteiger partial charge in [-0.25, -0.2) is 0 Å². The molecule has 0 amide bonds. The van der Waals surface area contributed by atoms with E-state index < -0.39 is 5.41 Å². The molecule has 15 rings (SSSR count). The zero-order chi connectivity index (χ0) is 55.4. The summed E-state index contributed by atoms with van der Waals surface area (Å²) in [6, 6.07) is 63.0. The fraction of sp³-hybridized carbons (Fsp3) is 0.342. The third-order valence-corrected chi connectivity index (χ3v) is 22.8. The fourth-order valence-electron chi connectivity index (χ4n) is 16.6. The molecule has 1 aromatic heterocycles. The molecule has 0 atom stereocenters. The first-order valence-corrected chi connectivity index (χ1v) is 30.9. The summed E-state index contributed by atoms with van der Waals surface area (Å²) in [5.74, 6) is 0. The lowest BCUT2D eigenvalue weighted by atomic mass is 9.35. The molecule has 3 heterocycles. The van der Waals surface area contributed by atoms with Crippen molar-refractivity contribution in [3.05, 3.63) is 219 Å². The van der Waals surface area contributed by atoms with Crippen LogP contribution in [0.1, 0.15) is 183 Å². The van der Waals surface area contributed by atoms with Gasteiger partial charge in [-0.3, -0.25) is 0 Å². The van der Waals surface area contributed by atoms with Crippen LogP contribution in [0.15, 0.2) is 158 Å². The summed E-state index contributed by atoms with van der Waals surface area (Å²) >= 11 is 2.08. The van der Waals surface area contributed by atoms with Crippen molar-refractivity contribution in [1.82, 2.24) is 0 Å². The maximum Gasteiger partial charge on any atom is 0.264 e. The van der Waals surface area contributed by atoms with Crippen LogP contribution in [0.2, 0.25) is 0 Å². The van der Waals surface area contributed by atoms with Gasteiger partial charge in [0.2, 0.25) is 0 Å². The van der Waals surface area contributed by atoms with Crippen molar-refractivity contribution in [2.75, 3.05) is 9.80 Å². The molecule has 4 heteroatoms. The monoisotopic (exact) mass is 1060 g/mol. The summed E-state index contributed by atoms with van der Waals surface area (Å²) in [6.07, 6.45) is 7.08. The molecule has 4 aliphatic carbocycles. The summed E-state index contributed by atoms with van der Waals surface area (Å²) < 4.78 is 2.86. The van der Waals surface area contributed by atoms with E-state index in [2.05, 4.69) is 269 Å². The second-order valence-electron chi connectivity index (χ2n) is 29.3. The maximum atomic E-state index is 2.76. The van der Waals surface area contributed by atoms with Crippen LogP contribution in [0.4, 0.5) is 34.1 Å². The van der Waals surface area contributed by atoms with Crippen LogP contribution in [0.25, 0.3) is 21.2 Å². The molecule has 0 bridgehead atoms. The predicted octanol–water partition coefficient (Wildman–Crippen LogP) is 18.7. The predicted molar refractivity (Wildman–Crippen MR) is 344 cm³/mol. The molecule has 6 aliphatic rings. The molecular weight excluding hydrogens is 984 g/mol. The van der Waals surface area contributed by atoms with E-state index in [0.29, 0.717) is 0 Å². The molecule has 8 aromatic carbocycles. The molecule has 0 unspecified atom stereocenters. The van der Waals surface area contributed by atoms with E-state index in [0.717, 1.165) is 0 Å². The Labute approximate surface area is 481 Å². The third kappa shape index (κ3) is 6.84. The van der Waals surface area contributed by atoms with E-state index in [4.69, 9.17) is 0 Å². The molecule has 0 N–H and O–H groups in total. The van der Waals surface area contributed by atoms with Crippen molar-refractivity contribution >= 4 is 78.0 Å². The third-order valence-electron chi connectivity index (χ3n) is 21.5. The van der Waals surface area contributed by atoms with Crippen LogP contribution < -0.4 is 25.5 Å². The zero-order valence-electron chi connectivity index (χ0n) is 49.6. The van der Waals surface area contributed by atoms with E-state index in [1.807, 2.05) is 0 Å². The second kappa shape index (κ2) is 16.5. The first kappa shape index (κ1) is 50.4. The number of aryl methyl sites for hydroxylation is 1. The first-order chi connectivity index (χ1) is 38.0. The SMILES string of the molecule is Cc1cc2c3c(c1)N(c1ccc4c(c1)C(c1ccccc1)(c1ccccc1)c1ccccc1-4)c1c(sc4cc5c(cc14)C(C)(C)CCC5(C)C)B3c1cc3c(cc1N2c1ccc2c(c1)C(C)(C)CCC2(C)C)C(C)(C)CCC3(C)C. The average Bonchev–Trinajstić information content (AvgIpc) is 3.88. The van der Waals surface area contributed by atoms with Gasteiger partial charge >= 0.3 is 0 Å². The first-order valence-electron chi connectivity index (χ1n) is 30.1. The molecule has 2 nitrogen and oxygen atoms in total. The van der Waals surface area contributed by atoms with Crippen LogP contribution in [0.5, 0.6) is 0 Å². The second-order valence-corrected chi connectivity index (χ2v) is 30.4. The van der Waals surface area contributed by atoms with Crippen molar-refractivity contribution in [2.45, 2.75) is 166 Å². The minimum absolute atomic E-state index is 0.0269. The Kier molecular flexibility index (Phi) is 10.4. The van der Waals surface area contributed by atoms with Crippen molar-refractivity contribution in [3.63, 3.8) is 0 Å². The van der Waals surface area contributed by atoms with Crippen LogP contribution in [0.3, 0.4) is 0 Å². The fourth-order valence-corrected chi connectivity index (χ4v) is 17.9. The largest absolute Gasteiger partial charge is 0.311 e.